The summed E-state index contributed by atoms with van der Waals surface area (Å²) in [6.07, 6.45) is 0.506. The van der Waals surface area contributed by atoms with Gasteiger partial charge in [0.25, 0.3) is 5.56 Å². The van der Waals surface area contributed by atoms with Crippen molar-refractivity contribution in [3.63, 3.8) is 0 Å². The number of benzene rings is 1. The first-order valence-corrected chi connectivity index (χ1v) is 8.62. The lowest BCUT2D eigenvalue weighted by Gasteiger charge is -2.16. The summed E-state index contributed by atoms with van der Waals surface area (Å²) in [6.45, 7) is 2.41. The minimum Gasteiger partial charge on any atom is -0.383 e. The summed E-state index contributed by atoms with van der Waals surface area (Å²) < 4.78 is 6.47. The van der Waals surface area contributed by atoms with E-state index in [1.807, 2.05) is 13.0 Å². The van der Waals surface area contributed by atoms with Crippen molar-refractivity contribution >= 4 is 34.1 Å². The highest BCUT2D eigenvalue weighted by atomic mass is 32.1. The molecule has 2 rings (SSSR count). The summed E-state index contributed by atoms with van der Waals surface area (Å²) in [6, 6.07) is 7.17. The maximum atomic E-state index is 12.3. The Morgan fingerprint density at radius 2 is 2.08 bits per heavy atom. The standard InChI is InChI=1S/C17H23N5O3S/c1-11(10-25-3)18-17(26)21-20-15(23)9-8-14-19-13-7-5-4-6-12(13)16(24)22(14)2/h4-7,11H,8-10H2,1-3H3,(H,20,23)(H2,18,21,26)/t11-/m1/s1. The molecule has 0 aliphatic heterocycles. The molecule has 26 heavy (non-hydrogen) atoms. The SMILES string of the molecule is COC[C@@H](C)NC(=S)NNC(=O)CCc1nc2ccccc2c(=O)n1C. The molecule has 0 unspecified atom stereocenters. The zero-order valence-electron chi connectivity index (χ0n) is 15.0. The Morgan fingerprint density at radius 1 is 1.35 bits per heavy atom. The van der Waals surface area contributed by atoms with Crippen LogP contribution in [0.25, 0.3) is 10.9 Å². The van der Waals surface area contributed by atoms with Gasteiger partial charge in [0.2, 0.25) is 5.91 Å². The van der Waals surface area contributed by atoms with Gasteiger partial charge >= 0.3 is 0 Å². The quantitative estimate of drug-likeness (QED) is 0.495. The Kier molecular flexibility index (Phi) is 7.05. The molecule has 1 amide bonds. The van der Waals surface area contributed by atoms with Crippen LogP contribution in [0, 0.1) is 0 Å². The van der Waals surface area contributed by atoms with Crippen molar-refractivity contribution in [3.8, 4) is 0 Å². The van der Waals surface area contributed by atoms with Gasteiger partial charge in [-0.1, -0.05) is 12.1 Å². The fourth-order valence-electron chi connectivity index (χ4n) is 2.45. The number of aryl methyl sites for hydroxylation is 1. The molecule has 2 aromatic rings. The van der Waals surface area contributed by atoms with Crippen LogP contribution in [0.1, 0.15) is 19.2 Å². The van der Waals surface area contributed by atoms with E-state index in [0.717, 1.165) is 0 Å². The second-order valence-corrected chi connectivity index (χ2v) is 6.32. The highest BCUT2D eigenvalue weighted by Gasteiger charge is 2.10. The molecule has 9 heteroatoms. The third-order valence-electron chi connectivity index (χ3n) is 3.76. The van der Waals surface area contributed by atoms with Crippen LogP contribution in [0.3, 0.4) is 0 Å². The summed E-state index contributed by atoms with van der Waals surface area (Å²) in [5.74, 6) is 0.300. The van der Waals surface area contributed by atoms with Crippen LogP contribution in [0.4, 0.5) is 0 Å². The van der Waals surface area contributed by atoms with E-state index in [0.29, 0.717) is 34.9 Å². The van der Waals surface area contributed by atoms with Gasteiger partial charge in [-0.25, -0.2) is 4.98 Å². The maximum Gasteiger partial charge on any atom is 0.261 e. The summed E-state index contributed by atoms with van der Waals surface area (Å²) >= 11 is 5.08. The van der Waals surface area contributed by atoms with Gasteiger partial charge in [-0.3, -0.25) is 25.0 Å². The van der Waals surface area contributed by atoms with Crippen molar-refractivity contribution in [2.24, 2.45) is 7.05 Å². The number of amides is 1. The molecule has 0 aliphatic carbocycles. The molecule has 1 aromatic carbocycles. The average molecular weight is 377 g/mol. The predicted molar refractivity (Wildman–Crippen MR) is 104 cm³/mol. The van der Waals surface area contributed by atoms with E-state index in [2.05, 4.69) is 21.2 Å². The second-order valence-electron chi connectivity index (χ2n) is 5.91. The summed E-state index contributed by atoms with van der Waals surface area (Å²) in [5.41, 5.74) is 5.67. The molecule has 0 saturated heterocycles. The molecule has 0 spiro atoms. The number of hydrazine groups is 1. The van der Waals surface area contributed by atoms with Gasteiger partial charge in [-0.2, -0.15) is 0 Å². The van der Waals surface area contributed by atoms with Crippen LogP contribution >= 0.6 is 12.2 Å². The lowest BCUT2D eigenvalue weighted by atomic mass is 10.2. The van der Waals surface area contributed by atoms with E-state index in [9.17, 15) is 9.59 Å². The minimum absolute atomic E-state index is 0.0215. The van der Waals surface area contributed by atoms with Gasteiger partial charge in [0.05, 0.1) is 17.5 Å². The van der Waals surface area contributed by atoms with Gasteiger partial charge in [0.1, 0.15) is 5.82 Å². The molecule has 140 valence electrons. The van der Waals surface area contributed by atoms with Gasteiger partial charge in [0, 0.05) is 33.0 Å². The van der Waals surface area contributed by atoms with Gasteiger partial charge < -0.3 is 10.1 Å². The van der Waals surface area contributed by atoms with Crippen LogP contribution in [-0.2, 0) is 23.0 Å². The third kappa shape index (κ3) is 5.24. The number of hydrogen-bond acceptors (Lipinski definition) is 5. The number of carbonyl (C=O) groups excluding carboxylic acids is 1. The molecule has 1 heterocycles. The van der Waals surface area contributed by atoms with Crippen molar-refractivity contribution in [2.45, 2.75) is 25.8 Å². The van der Waals surface area contributed by atoms with Crippen LogP contribution in [0.5, 0.6) is 0 Å². The number of thiocarbonyl (C=S) groups is 1. The Labute approximate surface area is 156 Å². The first kappa shape index (κ1) is 19.8. The molecule has 0 aliphatic rings. The topological polar surface area (TPSA) is 97.3 Å². The highest BCUT2D eigenvalue weighted by molar-refractivity contribution is 7.80. The molecule has 1 atom stereocenters. The van der Waals surface area contributed by atoms with Gasteiger partial charge in [0.15, 0.2) is 5.11 Å². The molecule has 8 nitrogen and oxygen atoms in total. The van der Waals surface area contributed by atoms with Crippen molar-refractivity contribution in [3.05, 3.63) is 40.4 Å². The molecule has 0 fully saturated rings. The molecule has 1 aromatic heterocycles. The van der Waals surface area contributed by atoms with Gasteiger partial charge in [-0.05, 0) is 31.3 Å². The highest BCUT2D eigenvalue weighted by Crippen LogP contribution is 2.08. The average Bonchev–Trinajstić information content (AvgIpc) is 2.62. The first-order valence-electron chi connectivity index (χ1n) is 8.21. The molecule has 0 bridgehead atoms. The fourth-order valence-corrected chi connectivity index (χ4v) is 2.71. The number of hydrogen-bond donors (Lipinski definition) is 3. The van der Waals surface area contributed by atoms with E-state index in [1.165, 1.54) is 4.57 Å². The number of ether oxygens (including phenoxy) is 1. The summed E-state index contributed by atoms with van der Waals surface area (Å²) in [4.78, 5) is 28.8. The minimum atomic E-state index is -0.254. The lowest BCUT2D eigenvalue weighted by molar-refractivity contribution is -0.121. The first-order chi connectivity index (χ1) is 12.4. The predicted octanol–water partition coefficient (Wildman–Crippen LogP) is 0.396. The Hall–Kier alpha value is -2.52. The monoisotopic (exact) mass is 377 g/mol. The van der Waals surface area contributed by atoms with Crippen LogP contribution in [0.15, 0.2) is 29.1 Å². The Balaban J connectivity index is 1.90. The molecular formula is C17H23N5O3S. The largest absolute Gasteiger partial charge is 0.383 e. The molecular weight excluding hydrogens is 354 g/mol. The van der Waals surface area contributed by atoms with E-state index in [1.54, 1.807) is 32.4 Å². The summed E-state index contributed by atoms with van der Waals surface area (Å²) in [5, 5.41) is 3.84. The lowest BCUT2D eigenvalue weighted by Crippen LogP contribution is -2.50. The van der Waals surface area contributed by atoms with Crippen molar-refractivity contribution < 1.29 is 9.53 Å². The number of nitrogens with zero attached hydrogens (tertiary/aromatic N) is 2. The Bertz CT molecular complexity index is 852. The number of fused-ring (bicyclic) bond motifs is 1. The number of rotatable bonds is 6. The molecule has 3 N–H and O–H groups in total. The van der Waals surface area contributed by atoms with Crippen molar-refractivity contribution in [2.75, 3.05) is 13.7 Å². The van der Waals surface area contributed by atoms with Crippen LogP contribution in [-0.4, -0.2) is 40.3 Å². The van der Waals surface area contributed by atoms with E-state index < -0.39 is 0 Å². The fraction of sp³-hybridized carbons (Fsp3) is 0.412. The molecule has 0 radical (unpaired) electrons. The van der Waals surface area contributed by atoms with Crippen molar-refractivity contribution in [1.29, 1.82) is 0 Å². The number of nitrogens with one attached hydrogen (secondary N) is 3. The van der Waals surface area contributed by atoms with Crippen LogP contribution in [0.2, 0.25) is 0 Å². The summed E-state index contributed by atoms with van der Waals surface area (Å²) in [7, 11) is 3.26. The van der Waals surface area contributed by atoms with E-state index in [-0.39, 0.29) is 23.9 Å². The number of para-hydroxylation sites is 1. The normalized spacial score (nSPS) is 11.8. The number of methoxy groups -OCH3 is 1. The van der Waals surface area contributed by atoms with E-state index in [4.69, 9.17) is 17.0 Å². The second kappa shape index (κ2) is 9.25. The number of aromatic nitrogens is 2. The van der Waals surface area contributed by atoms with E-state index >= 15 is 0 Å². The number of carbonyl (C=O) groups is 1. The smallest absolute Gasteiger partial charge is 0.261 e. The molecule has 0 saturated carbocycles. The zero-order valence-corrected chi connectivity index (χ0v) is 15.9. The van der Waals surface area contributed by atoms with Gasteiger partial charge in [-0.15, -0.1) is 0 Å². The third-order valence-corrected chi connectivity index (χ3v) is 3.98. The zero-order chi connectivity index (χ0) is 19.1. The van der Waals surface area contributed by atoms with Crippen LogP contribution < -0.4 is 21.7 Å². The van der Waals surface area contributed by atoms with Crippen molar-refractivity contribution in [1.82, 2.24) is 25.7 Å². The Morgan fingerprint density at radius 3 is 2.81 bits per heavy atom. The maximum absolute atomic E-state index is 12.3.